The molecule has 1 fully saturated rings. The Morgan fingerprint density at radius 3 is 2.85 bits per heavy atom. The zero-order valence-electron chi connectivity index (χ0n) is 7.66. The van der Waals surface area contributed by atoms with E-state index in [1.807, 2.05) is 6.92 Å². The number of rotatable bonds is 3. The van der Waals surface area contributed by atoms with Crippen LogP contribution in [0.4, 0.5) is 0 Å². The smallest absolute Gasteiger partial charge is 0.0908 e. The predicted octanol–water partition coefficient (Wildman–Crippen LogP) is 0.273. The zero-order valence-corrected chi connectivity index (χ0v) is 7.66. The lowest BCUT2D eigenvalue weighted by molar-refractivity contribution is 0.00591. The van der Waals surface area contributed by atoms with Crippen LogP contribution in [0.25, 0.3) is 0 Å². The molecule has 0 amide bonds. The first kappa shape index (κ1) is 8.59. The summed E-state index contributed by atoms with van der Waals surface area (Å²) in [6.07, 6.45) is 3.89. The Morgan fingerprint density at radius 1 is 1.46 bits per heavy atom. The lowest BCUT2D eigenvalue weighted by Crippen LogP contribution is -2.48. The number of hydrogen-bond donors (Lipinski definition) is 1. The molecule has 1 aromatic heterocycles. The molecule has 1 aliphatic rings. The maximum absolute atomic E-state index is 5.54. The molecule has 0 unspecified atom stereocenters. The standard InChI is InChI=1S/C9H13N3O/c1-7-2-12-8(3-11-7)6-13-9-4-10-5-9/h2-3,9-10H,4-6H2,1H3. The first-order valence-electron chi connectivity index (χ1n) is 4.44. The van der Waals surface area contributed by atoms with Gasteiger partial charge in [0.15, 0.2) is 0 Å². The molecule has 4 nitrogen and oxygen atoms in total. The van der Waals surface area contributed by atoms with Crippen molar-refractivity contribution < 1.29 is 4.74 Å². The van der Waals surface area contributed by atoms with Crippen LogP contribution in [0.2, 0.25) is 0 Å². The van der Waals surface area contributed by atoms with Crippen LogP contribution < -0.4 is 5.32 Å². The van der Waals surface area contributed by atoms with Gasteiger partial charge in [-0.1, -0.05) is 0 Å². The van der Waals surface area contributed by atoms with E-state index in [4.69, 9.17) is 4.74 Å². The normalized spacial score (nSPS) is 17.0. The van der Waals surface area contributed by atoms with Gasteiger partial charge in [-0.05, 0) is 6.92 Å². The van der Waals surface area contributed by atoms with Gasteiger partial charge >= 0.3 is 0 Å². The van der Waals surface area contributed by atoms with Gasteiger partial charge in [-0.3, -0.25) is 9.97 Å². The van der Waals surface area contributed by atoms with Gasteiger partial charge < -0.3 is 10.1 Å². The van der Waals surface area contributed by atoms with Crippen LogP contribution in [0, 0.1) is 6.92 Å². The Kier molecular flexibility index (Phi) is 2.52. The molecule has 0 spiro atoms. The van der Waals surface area contributed by atoms with Crippen molar-refractivity contribution in [3.8, 4) is 0 Å². The Balaban J connectivity index is 1.83. The second-order valence-electron chi connectivity index (χ2n) is 3.24. The summed E-state index contributed by atoms with van der Waals surface area (Å²) in [5, 5.41) is 3.15. The lowest BCUT2D eigenvalue weighted by atomic mass is 10.2. The molecule has 1 aromatic rings. The van der Waals surface area contributed by atoms with E-state index >= 15 is 0 Å². The molecule has 2 rings (SSSR count). The van der Waals surface area contributed by atoms with E-state index < -0.39 is 0 Å². The summed E-state index contributed by atoms with van der Waals surface area (Å²) in [4.78, 5) is 8.34. The molecule has 0 bridgehead atoms. The average molecular weight is 179 g/mol. The second kappa shape index (κ2) is 3.81. The molecule has 2 heterocycles. The quantitative estimate of drug-likeness (QED) is 0.723. The Hall–Kier alpha value is -1.00. The zero-order chi connectivity index (χ0) is 9.10. The maximum atomic E-state index is 5.54. The average Bonchev–Trinajstić information content (AvgIpc) is 2.05. The van der Waals surface area contributed by atoms with Crippen LogP contribution in [0.1, 0.15) is 11.4 Å². The minimum atomic E-state index is 0.364. The molecule has 0 saturated carbocycles. The first-order chi connectivity index (χ1) is 6.34. The molecule has 70 valence electrons. The van der Waals surface area contributed by atoms with Gasteiger partial charge in [0.25, 0.3) is 0 Å². The summed E-state index contributed by atoms with van der Waals surface area (Å²) in [7, 11) is 0. The lowest BCUT2D eigenvalue weighted by Gasteiger charge is -2.26. The van der Waals surface area contributed by atoms with Gasteiger partial charge in [-0.25, -0.2) is 0 Å². The fraction of sp³-hybridized carbons (Fsp3) is 0.556. The van der Waals surface area contributed by atoms with E-state index in [1.165, 1.54) is 0 Å². The van der Waals surface area contributed by atoms with Crippen LogP contribution in [-0.2, 0) is 11.3 Å². The van der Waals surface area contributed by atoms with Crippen molar-refractivity contribution in [3.63, 3.8) is 0 Å². The molecule has 0 radical (unpaired) electrons. The monoisotopic (exact) mass is 179 g/mol. The summed E-state index contributed by atoms with van der Waals surface area (Å²) < 4.78 is 5.54. The predicted molar refractivity (Wildman–Crippen MR) is 48.2 cm³/mol. The third-order valence-electron chi connectivity index (χ3n) is 2.05. The van der Waals surface area contributed by atoms with E-state index in [1.54, 1.807) is 12.4 Å². The summed E-state index contributed by atoms with van der Waals surface area (Å²) in [6.45, 7) is 4.41. The molecule has 1 saturated heterocycles. The number of nitrogens with zero attached hydrogens (tertiary/aromatic N) is 2. The van der Waals surface area contributed by atoms with E-state index in [9.17, 15) is 0 Å². The number of aryl methyl sites for hydroxylation is 1. The fourth-order valence-electron chi connectivity index (χ4n) is 1.08. The number of hydrogen-bond acceptors (Lipinski definition) is 4. The van der Waals surface area contributed by atoms with Crippen molar-refractivity contribution in [1.29, 1.82) is 0 Å². The minimum absolute atomic E-state index is 0.364. The highest BCUT2D eigenvalue weighted by atomic mass is 16.5. The van der Waals surface area contributed by atoms with Crippen molar-refractivity contribution in [2.75, 3.05) is 13.1 Å². The van der Waals surface area contributed by atoms with E-state index in [2.05, 4.69) is 15.3 Å². The minimum Gasteiger partial charge on any atom is -0.369 e. The third kappa shape index (κ3) is 2.23. The summed E-state index contributed by atoms with van der Waals surface area (Å²) in [5.41, 5.74) is 1.84. The van der Waals surface area contributed by atoms with Crippen molar-refractivity contribution in [1.82, 2.24) is 15.3 Å². The number of ether oxygens (including phenoxy) is 1. The molecule has 4 heteroatoms. The van der Waals surface area contributed by atoms with Gasteiger partial charge in [0.05, 0.1) is 30.3 Å². The topological polar surface area (TPSA) is 47.0 Å². The van der Waals surface area contributed by atoms with Crippen LogP contribution >= 0.6 is 0 Å². The number of aromatic nitrogens is 2. The van der Waals surface area contributed by atoms with Crippen molar-refractivity contribution >= 4 is 0 Å². The van der Waals surface area contributed by atoms with Gasteiger partial charge in [0, 0.05) is 19.3 Å². The maximum Gasteiger partial charge on any atom is 0.0908 e. The molecule has 1 aliphatic heterocycles. The number of nitrogens with one attached hydrogen (secondary N) is 1. The Morgan fingerprint density at radius 2 is 2.31 bits per heavy atom. The summed E-state index contributed by atoms with van der Waals surface area (Å²) in [6, 6.07) is 0. The third-order valence-corrected chi connectivity index (χ3v) is 2.05. The summed E-state index contributed by atoms with van der Waals surface area (Å²) in [5.74, 6) is 0. The van der Waals surface area contributed by atoms with Crippen LogP contribution in [0.5, 0.6) is 0 Å². The highest BCUT2D eigenvalue weighted by Gasteiger charge is 2.16. The molecular formula is C9H13N3O. The van der Waals surface area contributed by atoms with Crippen molar-refractivity contribution in [2.24, 2.45) is 0 Å². The highest BCUT2D eigenvalue weighted by Crippen LogP contribution is 2.03. The molecule has 0 aromatic carbocycles. The highest BCUT2D eigenvalue weighted by molar-refractivity contribution is 4.99. The summed E-state index contributed by atoms with van der Waals surface area (Å²) >= 11 is 0. The van der Waals surface area contributed by atoms with Crippen molar-refractivity contribution in [2.45, 2.75) is 19.6 Å². The van der Waals surface area contributed by atoms with Gasteiger partial charge in [-0.15, -0.1) is 0 Å². The largest absolute Gasteiger partial charge is 0.369 e. The van der Waals surface area contributed by atoms with Gasteiger partial charge in [-0.2, -0.15) is 0 Å². The van der Waals surface area contributed by atoms with Gasteiger partial charge in [0.2, 0.25) is 0 Å². The molecular weight excluding hydrogens is 166 g/mol. The van der Waals surface area contributed by atoms with E-state index in [0.717, 1.165) is 24.5 Å². The molecule has 0 atom stereocenters. The van der Waals surface area contributed by atoms with E-state index in [0.29, 0.717) is 12.7 Å². The Labute approximate surface area is 77.4 Å². The molecule has 1 N–H and O–H groups in total. The van der Waals surface area contributed by atoms with Crippen molar-refractivity contribution in [3.05, 3.63) is 23.8 Å². The van der Waals surface area contributed by atoms with Crippen LogP contribution in [-0.4, -0.2) is 29.2 Å². The fourth-order valence-corrected chi connectivity index (χ4v) is 1.08. The van der Waals surface area contributed by atoms with Gasteiger partial charge in [0.1, 0.15) is 0 Å². The second-order valence-corrected chi connectivity index (χ2v) is 3.24. The van der Waals surface area contributed by atoms with Crippen LogP contribution in [0.15, 0.2) is 12.4 Å². The Bertz CT molecular complexity index is 269. The molecule has 13 heavy (non-hydrogen) atoms. The van der Waals surface area contributed by atoms with E-state index in [-0.39, 0.29) is 0 Å². The first-order valence-corrected chi connectivity index (χ1v) is 4.44. The van der Waals surface area contributed by atoms with Crippen LogP contribution in [0.3, 0.4) is 0 Å². The SMILES string of the molecule is Cc1cnc(COC2CNC2)cn1. The molecule has 0 aliphatic carbocycles.